The van der Waals surface area contributed by atoms with E-state index in [4.69, 9.17) is 4.74 Å². The van der Waals surface area contributed by atoms with Crippen molar-refractivity contribution in [1.82, 2.24) is 0 Å². The van der Waals surface area contributed by atoms with Gasteiger partial charge in [0.25, 0.3) is 0 Å². The van der Waals surface area contributed by atoms with Crippen LogP contribution in [0.1, 0.15) is 28.4 Å². The van der Waals surface area contributed by atoms with Gasteiger partial charge in [0.05, 0.1) is 5.56 Å². The summed E-state index contributed by atoms with van der Waals surface area (Å²) in [4.78, 5) is 11.9. The van der Waals surface area contributed by atoms with E-state index in [1.54, 1.807) is 6.07 Å². The van der Waals surface area contributed by atoms with Gasteiger partial charge in [-0.1, -0.05) is 36.8 Å². The Bertz CT molecular complexity index is 541. The van der Waals surface area contributed by atoms with E-state index in [0.29, 0.717) is 11.3 Å². The first-order chi connectivity index (χ1) is 8.69. The zero-order valence-corrected chi connectivity index (χ0v) is 10.6. The molecule has 2 heteroatoms. The first-order valence-electron chi connectivity index (χ1n) is 6.07. The van der Waals surface area contributed by atoms with Crippen LogP contribution in [0.2, 0.25) is 0 Å². The molecule has 0 aliphatic heterocycles. The molecule has 0 fully saturated rings. The van der Waals surface area contributed by atoms with E-state index in [9.17, 15) is 4.79 Å². The second-order valence-electron chi connectivity index (χ2n) is 4.26. The number of ether oxygens (including phenoxy) is 1. The summed E-state index contributed by atoms with van der Waals surface area (Å²) in [6, 6.07) is 15.0. The van der Waals surface area contributed by atoms with E-state index in [2.05, 4.69) is 6.92 Å². The minimum atomic E-state index is -0.317. The molecule has 0 aliphatic carbocycles. The average molecular weight is 240 g/mol. The first kappa shape index (κ1) is 12.4. The lowest BCUT2D eigenvalue weighted by atomic mass is 10.1. The molecule has 2 rings (SSSR count). The number of aryl methyl sites for hydroxylation is 2. The summed E-state index contributed by atoms with van der Waals surface area (Å²) in [7, 11) is 0. The van der Waals surface area contributed by atoms with Crippen molar-refractivity contribution < 1.29 is 9.53 Å². The van der Waals surface area contributed by atoms with Crippen LogP contribution in [0.15, 0.2) is 48.5 Å². The molecule has 0 aliphatic rings. The van der Waals surface area contributed by atoms with Crippen molar-refractivity contribution in [1.29, 1.82) is 0 Å². The molecule has 0 amide bonds. The molecule has 0 N–H and O–H groups in total. The molecule has 0 unspecified atom stereocenters. The van der Waals surface area contributed by atoms with E-state index in [1.807, 2.05) is 49.4 Å². The van der Waals surface area contributed by atoms with Crippen molar-refractivity contribution >= 4 is 5.97 Å². The second kappa shape index (κ2) is 5.50. The highest BCUT2D eigenvalue weighted by atomic mass is 16.5. The van der Waals surface area contributed by atoms with Gasteiger partial charge in [0.1, 0.15) is 5.75 Å². The van der Waals surface area contributed by atoms with Crippen LogP contribution in [0.25, 0.3) is 0 Å². The summed E-state index contributed by atoms with van der Waals surface area (Å²) in [6.45, 7) is 4.04. The fourth-order valence-electron chi connectivity index (χ4n) is 1.73. The van der Waals surface area contributed by atoms with Gasteiger partial charge >= 0.3 is 5.97 Å². The summed E-state index contributed by atoms with van der Waals surface area (Å²) >= 11 is 0. The Morgan fingerprint density at radius 1 is 1.11 bits per heavy atom. The molecule has 18 heavy (non-hydrogen) atoms. The molecule has 0 spiro atoms. The third-order valence-corrected chi connectivity index (χ3v) is 2.80. The predicted octanol–water partition coefficient (Wildman–Crippen LogP) is 3.78. The molecule has 2 nitrogen and oxygen atoms in total. The van der Waals surface area contributed by atoms with Crippen molar-refractivity contribution in [3.8, 4) is 5.75 Å². The van der Waals surface area contributed by atoms with E-state index in [-0.39, 0.29) is 5.97 Å². The largest absolute Gasteiger partial charge is 0.423 e. The molecule has 0 radical (unpaired) electrons. The fraction of sp³-hybridized carbons (Fsp3) is 0.188. The zero-order chi connectivity index (χ0) is 13.0. The third kappa shape index (κ3) is 2.98. The van der Waals surface area contributed by atoms with E-state index in [1.165, 1.54) is 5.56 Å². The van der Waals surface area contributed by atoms with Crippen LogP contribution < -0.4 is 4.74 Å². The summed E-state index contributed by atoms with van der Waals surface area (Å²) in [5.74, 6) is 0.265. The van der Waals surface area contributed by atoms with E-state index in [0.717, 1.165) is 12.0 Å². The molecule has 0 bridgehead atoms. The van der Waals surface area contributed by atoms with Gasteiger partial charge in [-0.05, 0) is 43.2 Å². The topological polar surface area (TPSA) is 26.3 Å². The average Bonchev–Trinajstić information content (AvgIpc) is 2.39. The number of carbonyl (C=O) groups is 1. The number of benzene rings is 2. The molecular weight excluding hydrogens is 224 g/mol. The molecular formula is C16H16O2. The highest BCUT2D eigenvalue weighted by Gasteiger charge is 2.08. The summed E-state index contributed by atoms with van der Waals surface area (Å²) in [6.07, 6.45) is 0.978. The van der Waals surface area contributed by atoms with Crippen LogP contribution in [-0.4, -0.2) is 5.97 Å². The molecule has 0 saturated carbocycles. The highest BCUT2D eigenvalue weighted by Crippen LogP contribution is 2.15. The number of hydrogen-bond donors (Lipinski definition) is 0. The number of esters is 1. The summed E-state index contributed by atoms with van der Waals surface area (Å²) in [5.41, 5.74) is 2.85. The normalized spacial score (nSPS) is 10.1. The predicted molar refractivity (Wildman–Crippen MR) is 72.0 cm³/mol. The molecule has 2 aromatic carbocycles. The van der Waals surface area contributed by atoms with Gasteiger partial charge in [-0.15, -0.1) is 0 Å². The smallest absolute Gasteiger partial charge is 0.343 e. The first-order valence-corrected chi connectivity index (χ1v) is 6.07. The lowest BCUT2D eigenvalue weighted by molar-refractivity contribution is 0.0734. The van der Waals surface area contributed by atoms with Crippen LogP contribution in [0.5, 0.6) is 5.75 Å². The van der Waals surface area contributed by atoms with Crippen LogP contribution in [0, 0.1) is 6.92 Å². The maximum atomic E-state index is 11.9. The minimum absolute atomic E-state index is 0.317. The Kier molecular flexibility index (Phi) is 3.78. The number of hydrogen-bond acceptors (Lipinski definition) is 2. The Morgan fingerprint density at radius 2 is 1.83 bits per heavy atom. The second-order valence-corrected chi connectivity index (χ2v) is 4.26. The van der Waals surface area contributed by atoms with Gasteiger partial charge in [0.15, 0.2) is 0 Å². The molecule has 0 saturated heterocycles. The van der Waals surface area contributed by atoms with Gasteiger partial charge in [-0.2, -0.15) is 0 Å². The fourth-order valence-corrected chi connectivity index (χ4v) is 1.73. The van der Waals surface area contributed by atoms with Gasteiger partial charge < -0.3 is 4.74 Å². The summed E-state index contributed by atoms with van der Waals surface area (Å²) in [5, 5.41) is 0. The summed E-state index contributed by atoms with van der Waals surface area (Å²) < 4.78 is 5.32. The van der Waals surface area contributed by atoms with Gasteiger partial charge in [-0.3, -0.25) is 0 Å². The van der Waals surface area contributed by atoms with Gasteiger partial charge in [0.2, 0.25) is 0 Å². The Morgan fingerprint density at radius 3 is 2.44 bits per heavy atom. The van der Waals surface area contributed by atoms with E-state index < -0.39 is 0 Å². The third-order valence-electron chi connectivity index (χ3n) is 2.80. The molecule has 0 atom stereocenters. The van der Waals surface area contributed by atoms with Crippen LogP contribution in [-0.2, 0) is 6.42 Å². The van der Waals surface area contributed by atoms with Crippen molar-refractivity contribution in [2.45, 2.75) is 20.3 Å². The standard InChI is InChI=1S/C16H16O2/c1-3-13-7-9-15(10-8-13)18-16(17)14-6-4-5-12(2)11-14/h4-11H,3H2,1-2H3. The Balaban J connectivity index is 2.11. The maximum Gasteiger partial charge on any atom is 0.343 e. The number of carbonyl (C=O) groups excluding carboxylic acids is 1. The quantitative estimate of drug-likeness (QED) is 0.603. The lowest BCUT2D eigenvalue weighted by Crippen LogP contribution is -2.08. The molecule has 0 aromatic heterocycles. The van der Waals surface area contributed by atoms with Gasteiger partial charge in [0, 0.05) is 0 Å². The van der Waals surface area contributed by atoms with Crippen molar-refractivity contribution in [3.05, 3.63) is 65.2 Å². The molecule has 2 aromatic rings. The SMILES string of the molecule is CCc1ccc(OC(=O)c2cccc(C)c2)cc1. The molecule has 0 heterocycles. The number of rotatable bonds is 3. The lowest BCUT2D eigenvalue weighted by Gasteiger charge is -2.05. The highest BCUT2D eigenvalue weighted by molar-refractivity contribution is 5.91. The van der Waals surface area contributed by atoms with Crippen molar-refractivity contribution in [3.63, 3.8) is 0 Å². The van der Waals surface area contributed by atoms with Crippen molar-refractivity contribution in [2.24, 2.45) is 0 Å². The Hall–Kier alpha value is -2.09. The molecule has 92 valence electrons. The zero-order valence-electron chi connectivity index (χ0n) is 10.6. The minimum Gasteiger partial charge on any atom is -0.423 e. The van der Waals surface area contributed by atoms with Crippen LogP contribution in [0.4, 0.5) is 0 Å². The van der Waals surface area contributed by atoms with Crippen molar-refractivity contribution in [2.75, 3.05) is 0 Å². The Labute approximate surface area is 107 Å². The van der Waals surface area contributed by atoms with Gasteiger partial charge in [-0.25, -0.2) is 4.79 Å². The van der Waals surface area contributed by atoms with E-state index >= 15 is 0 Å². The van der Waals surface area contributed by atoms with Crippen LogP contribution in [0.3, 0.4) is 0 Å². The van der Waals surface area contributed by atoms with Crippen LogP contribution >= 0.6 is 0 Å². The maximum absolute atomic E-state index is 11.9. The monoisotopic (exact) mass is 240 g/mol.